The number of hydrogen-bond donors (Lipinski definition) is 2. The van der Waals surface area contributed by atoms with Crippen molar-refractivity contribution in [3.05, 3.63) is 117 Å². The number of aryl methyl sites for hydroxylation is 3. The largest absolute Gasteiger partial charge is 0.480 e. The molecule has 1 aliphatic heterocycles. The normalized spacial score (nSPS) is 17.6. The Balaban J connectivity index is 1.20. The number of carbonyl (C=O) groups is 4. The zero-order valence-corrected chi connectivity index (χ0v) is 29.5. The summed E-state index contributed by atoms with van der Waals surface area (Å²) in [5, 5.41) is 13.1. The first kappa shape index (κ1) is 35.2. The van der Waals surface area contributed by atoms with Crippen molar-refractivity contribution in [3.8, 4) is 0 Å². The number of ketones is 1. The Kier molecular flexibility index (Phi) is 10.1. The molecule has 0 bridgehead atoms. The van der Waals surface area contributed by atoms with Gasteiger partial charge in [0.1, 0.15) is 10.5 Å². The number of carbonyl (C=O) groups excluding carboxylic acids is 3. The van der Waals surface area contributed by atoms with Crippen LogP contribution < -0.4 is 5.32 Å². The molecule has 0 spiro atoms. The van der Waals surface area contributed by atoms with Gasteiger partial charge in [-0.15, -0.1) is 11.3 Å². The Labute approximate surface area is 295 Å². The van der Waals surface area contributed by atoms with Crippen LogP contribution in [-0.4, -0.2) is 60.7 Å². The second-order valence-electron chi connectivity index (χ2n) is 12.9. The van der Waals surface area contributed by atoms with Gasteiger partial charge in [-0.05, 0) is 105 Å². The van der Waals surface area contributed by atoms with E-state index in [-0.39, 0.29) is 35.2 Å². The van der Waals surface area contributed by atoms with Crippen LogP contribution in [0.4, 0.5) is 5.00 Å². The van der Waals surface area contributed by atoms with E-state index in [1.807, 2.05) is 24.3 Å². The number of sulfonamides is 1. The van der Waals surface area contributed by atoms with Crippen molar-refractivity contribution < 1.29 is 37.4 Å². The lowest BCUT2D eigenvalue weighted by Crippen LogP contribution is -2.50. The van der Waals surface area contributed by atoms with Gasteiger partial charge in [-0.25, -0.2) is 13.2 Å². The van der Waals surface area contributed by atoms with Gasteiger partial charge in [0, 0.05) is 22.5 Å². The van der Waals surface area contributed by atoms with Crippen LogP contribution in [0, 0.1) is 0 Å². The van der Waals surface area contributed by atoms with E-state index in [0.717, 1.165) is 64.4 Å². The predicted octanol–water partition coefficient (Wildman–Crippen LogP) is 6.31. The topological polar surface area (TPSA) is 147 Å². The lowest BCUT2D eigenvalue weighted by Gasteiger charge is -2.30. The molecule has 12 heteroatoms. The molecule has 0 unspecified atom stereocenters. The number of methoxy groups -OCH3 is 1. The molecule has 10 nitrogen and oxygen atoms in total. The number of carboxylic acids is 1. The van der Waals surface area contributed by atoms with Gasteiger partial charge in [-0.1, -0.05) is 42.5 Å². The molecule has 1 amide bonds. The zero-order chi connectivity index (χ0) is 35.6. The number of benzene rings is 3. The number of nitrogens with one attached hydrogen (secondary N) is 1. The molecule has 0 saturated carbocycles. The minimum atomic E-state index is -4.21. The number of thiophene rings is 1. The summed E-state index contributed by atoms with van der Waals surface area (Å²) in [4.78, 5) is 52.3. The minimum Gasteiger partial charge on any atom is -0.480 e. The lowest BCUT2D eigenvalue weighted by atomic mass is 9.91. The molecule has 2 N–H and O–H groups in total. The standard InChI is InChI=1S/C38H38N2O8S2/c1-38(37(44)45)21-6-22-40(38)50(46,47)29-8-5-7-28(23-29)34(42)39-35-32(30-9-3-4-10-31(30)49-35)33(41)26-17-13-24(14-18-26)11-12-25-15-19-27(20-16-25)36(43)48-2/h5,7-8,13-20,23H,3-4,6,9-12,21-22H2,1-2H3,(H,39,42)(H,44,45)/t38-/m0/s1. The summed E-state index contributed by atoms with van der Waals surface area (Å²) in [6.07, 6.45) is 5.55. The van der Waals surface area contributed by atoms with Crippen LogP contribution in [0.15, 0.2) is 77.7 Å². The first-order valence-corrected chi connectivity index (χ1v) is 18.8. The van der Waals surface area contributed by atoms with Crippen LogP contribution in [0.25, 0.3) is 0 Å². The molecule has 6 rings (SSSR count). The molecule has 2 aliphatic rings. The maximum atomic E-state index is 14.1. The van der Waals surface area contributed by atoms with Crippen LogP contribution >= 0.6 is 11.3 Å². The van der Waals surface area contributed by atoms with Crippen molar-refractivity contribution in [2.24, 2.45) is 0 Å². The minimum absolute atomic E-state index is 0.0705. The molecule has 3 aromatic carbocycles. The number of rotatable bonds is 11. The molecule has 1 saturated heterocycles. The molecule has 4 aromatic rings. The van der Waals surface area contributed by atoms with E-state index in [0.29, 0.717) is 28.1 Å². The van der Waals surface area contributed by atoms with Crippen molar-refractivity contribution in [2.75, 3.05) is 19.0 Å². The molecular weight excluding hydrogens is 677 g/mol. The summed E-state index contributed by atoms with van der Waals surface area (Å²) in [5.41, 5.74) is 3.03. The predicted molar refractivity (Wildman–Crippen MR) is 190 cm³/mol. The smallest absolute Gasteiger partial charge is 0.337 e. The maximum Gasteiger partial charge on any atom is 0.337 e. The quantitative estimate of drug-likeness (QED) is 0.136. The average Bonchev–Trinajstić information content (AvgIpc) is 3.72. The summed E-state index contributed by atoms with van der Waals surface area (Å²) in [6, 6.07) is 20.3. The number of fused-ring (bicyclic) bond motifs is 1. The highest BCUT2D eigenvalue weighted by Crippen LogP contribution is 2.40. The van der Waals surface area contributed by atoms with Gasteiger partial charge < -0.3 is 15.2 Å². The van der Waals surface area contributed by atoms with Gasteiger partial charge in [0.2, 0.25) is 10.0 Å². The molecule has 0 radical (unpaired) electrons. The molecule has 1 aromatic heterocycles. The van der Waals surface area contributed by atoms with E-state index >= 15 is 0 Å². The van der Waals surface area contributed by atoms with E-state index in [9.17, 15) is 32.7 Å². The highest BCUT2D eigenvalue weighted by atomic mass is 32.2. The van der Waals surface area contributed by atoms with Gasteiger partial charge in [-0.3, -0.25) is 14.4 Å². The van der Waals surface area contributed by atoms with Gasteiger partial charge in [0.05, 0.1) is 23.1 Å². The number of amides is 1. The third-order valence-corrected chi connectivity index (χ3v) is 12.9. The van der Waals surface area contributed by atoms with Crippen LogP contribution in [0.3, 0.4) is 0 Å². The molecule has 2 heterocycles. The molecule has 1 fully saturated rings. The van der Waals surface area contributed by atoms with Crippen LogP contribution in [0.1, 0.15) is 90.8 Å². The Morgan fingerprint density at radius 1 is 0.880 bits per heavy atom. The third kappa shape index (κ3) is 6.87. The summed E-state index contributed by atoms with van der Waals surface area (Å²) in [5.74, 6) is -2.35. The highest BCUT2D eigenvalue weighted by Gasteiger charge is 2.49. The first-order chi connectivity index (χ1) is 23.9. The summed E-state index contributed by atoms with van der Waals surface area (Å²) < 4.78 is 32.9. The Morgan fingerprint density at radius 3 is 2.16 bits per heavy atom. The van der Waals surface area contributed by atoms with Gasteiger partial charge in [0.15, 0.2) is 5.78 Å². The zero-order valence-electron chi connectivity index (χ0n) is 27.9. The SMILES string of the molecule is COC(=O)c1ccc(CCc2ccc(C(=O)c3c(NC(=O)c4cccc(S(=O)(=O)N5CCC[C@@]5(C)C(=O)O)c4)sc4c3CCCC4)cc2)cc1. The van der Waals surface area contributed by atoms with E-state index < -0.39 is 27.4 Å². The molecule has 260 valence electrons. The van der Waals surface area contributed by atoms with Crippen molar-refractivity contribution in [1.82, 2.24) is 4.31 Å². The average molecular weight is 715 g/mol. The number of nitrogens with zero attached hydrogens (tertiary/aromatic N) is 1. The fraction of sp³-hybridized carbons (Fsp3) is 0.316. The van der Waals surface area contributed by atoms with E-state index in [1.165, 1.54) is 49.6 Å². The number of aliphatic carboxylic acids is 1. The molecular formula is C38H38N2O8S2. The van der Waals surface area contributed by atoms with Crippen molar-refractivity contribution in [2.45, 2.75) is 68.7 Å². The Morgan fingerprint density at radius 2 is 1.52 bits per heavy atom. The number of anilines is 1. The van der Waals surface area contributed by atoms with Crippen LogP contribution in [0.2, 0.25) is 0 Å². The summed E-state index contributed by atoms with van der Waals surface area (Å²) >= 11 is 1.38. The number of esters is 1. The van der Waals surface area contributed by atoms with Crippen molar-refractivity contribution in [3.63, 3.8) is 0 Å². The third-order valence-electron chi connectivity index (χ3n) is 9.64. The number of hydrogen-bond acceptors (Lipinski definition) is 8. The maximum absolute atomic E-state index is 14.1. The van der Waals surface area contributed by atoms with E-state index in [2.05, 4.69) is 5.32 Å². The van der Waals surface area contributed by atoms with Crippen LogP contribution in [0.5, 0.6) is 0 Å². The second-order valence-corrected chi connectivity index (χ2v) is 15.8. The van der Waals surface area contributed by atoms with Gasteiger partial charge >= 0.3 is 11.9 Å². The fourth-order valence-corrected chi connectivity index (χ4v) is 9.85. The van der Waals surface area contributed by atoms with Crippen molar-refractivity contribution in [1.29, 1.82) is 0 Å². The highest BCUT2D eigenvalue weighted by molar-refractivity contribution is 7.89. The second kappa shape index (κ2) is 14.3. The monoisotopic (exact) mass is 714 g/mol. The van der Waals surface area contributed by atoms with E-state index in [1.54, 1.807) is 24.3 Å². The van der Waals surface area contributed by atoms with Gasteiger partial charge in [-0.2, -0.15) is 4.31 Å². The number of ether oxygens (including phenoxy) is 1. The Bertz CT molecular complexity index is 2070. The molecule has 1 aliphatic carbocycles. The number of carboxylic acid groups (broad SMARTS) is 1. The lowest BCUT2D eigenvalue weighted by molar-refractivity contribution is -0.146. The van der Waals surface area contributed by atoms with Gasteiger partial charge in [0.25, 0.3) is 5.91 Å². The Hall–Kier alpha value is -4.65. The molecule has 1 atom stereocenters. The first-order valence-electron chi connectivity index (χ1n) is 16.6. The van der Waals surface area contributed by atoms with Crippen molar-refractivity contribution >= 4 is 50.0 Å². The molecule has 50 heavy (non-hydrogen) atoms. The fourth-order valence-electron chi connectivity index (χ4n) is 6.71. The summed E-state index contributed by atoms with van der Waals surface area (Å²) in [7, 11) is -2.86. The summed E-state index contributed by atoms with van der Waals surface area (Å²) in [6.45, 7) is 1.47. The van der Waals surface area contributed by atoms with Crippen LogP contribution in [-0.2, 0) is 45.2 Å². The van der Waals surface area contributed by atoms with E-state index in [4.69, 9.17) is 4.74 Å².